The van der Waals surface area contributed by atoms with Crippen LogP contribution in [0.3, 0.4) is 0 Å². The molecule has 5 heteroatoms. The molecule has 2 heterocycles. The van der Waals surface area contributed by atoms with Crippen molar-refractivity contribution >= 4 is 5.69 Å². The van der Waals surface area contributed by atoms with Gasteiger partial charge in [0.15, 0.2) is 5.82 Å². The molecule has 1 aliphatic rings. The summed E-state index contributed by atoms with van der Waals surface area (Å²) in [6.45, 7) is 1.41. The fourth-order valence-corrected chi connectivity index (χ4v) is 2.23. The van der Waals surface area contributed by atoms with Gasteiger partial charge in [0, 0.05) is 13.0 Å². The van der Waals surface area contributed by atoms with Gasteiger partial charge in [0.2, 0.25) is 0 Å². The molecule has 0 saturated heterocycles. The summed E-state index contributed by atoms with van der Waals surface area (Å²) >= 11 is 0. The Morgan fingerprint density at radius 2 is 2.11 bits per heavy atom. The van der Waals surface area contributed by atoms with E-state index in [9.17, 15) is 0 Å². The number of nitrogen functional groups attached to an aromatic ring is 1. The van der Waals surface area contributed by atoms with Crippen LogP contribution in [0.5, 0.6) is 5.75 Å². The van der Waals surface area contributed by atoms with E-state index in [1.165, 1.54) is 12.8 Å². The number of hydrogen-bond acceptors (Lipinski definition) is 4. The molecule has 1 aromatic carbocycles. The van der Waals surface area contributed by atoms with Gasteiger partial charge in [-0.1, -0.05) is 12.1 Å². The van der Waals surface area contributed by atoms with Gasteiger partial charge < -0.3 is 15.0 Å². The number of para-hydroxylation sites is 2. The van der Waals surface area contributed by atoms with E-state index in [0.29, 0.717) is 18.0 Å². The van der Waals surface area contributed by atoms with Gasteiger partial charge in [-0.05, 0) is 25.0 Å². The van der Waals surface area contributed by atoms with E-state index >= 15 is 0 Å². The lowest BCUT2D eigenvalue weighted by Gasteiger charge is -2.15. The lowest BCUT2D eigenvalue weighted by atomic mass is 10.2. The first-order valence-electron chi connectivity index (χ1n) is 6.23. The van der Waals surface area contributed by atoms with Gasteiger partial charge in [0.05, 0.1) is 5.69 Å². The van der Waals surface area contributed by atoms with Crippen molar-refractivity contribution in [2.45, 2.75) is 32.4 Å². The van der Waals surface area contributed by atoms with Crippen LogP contribution in [0.2, 0.25) is 0 Å². The Hall–Kier alpha value is -2.04. The maximum Gasteiger partial charge on any atom is 0.171 e. The van der Waals surface area contributed by atoms with E-state index in [0.717, 1.165) is 24.6 Å². The number of nitrogens with two attached hydrogens (primary N) is 1. The molecule has 0 fully saturated rings. The Labute approximate surface area is 106 Å². The highest BCUT2D eigenvalue weighted by atomic mass is 16.5. The van der Waals surface area contributed by atoms with Crippen molar-refractivity contribution < 1.29 is 4.74 Å². The van der Waals surface area contributed by atoms with Gasteiger partial charge in [-0.25, -0.2) is 0 Å². The van der Waals surface area contributed by atoms with Crippen molar-refractivity contribution in [1.82, 2.24) is 14.8 Å². The molecule has 2 N–H and O–H groups in total. The predicted molar refractivity (Wildman–Crippen MR) is 68.1 cm³/mol. The van der Waals surface area contributed by atoms with Crippen LogP contribution in [0.15, 0.2) is 24.3 Å². The molecule has 0 unspecified atom stereocenters. The number of ether oxygens (including phenoxy) is 1. The highest BCUT2D eigenvalue weighted by Gasteiger charge is 2.15. The summed E-state index contributed by atoms with van der Waals surface area (Å²) in [4.78, 5) is 0. The van der Waals surface area contributed by atoms with Crippen molar-refractivity contribution in [3.8, 4) is 5.75 Å². The monoisotopic (exact) mass is 244 g/mol. The Balaban J connectivity index is 1.74. The van der Waals surface area contributed by atoms with Gasteiger partial charge in [-0.3, -0.25) is 0 Å². The summed E-state index contributed by atoms with van der Waals surface area (Å²) in [5.41, 5.74) is 6.48. The van der Waals surface area contributed by atoms with E-state index in [2.05, 4.69) is 14.8 Å². The first-order chi connectivity index (χ1) is 8.84. The Bertz CT molecular complexity index is 550. The van der Waals surface area contributed by atoms with Crippen LogP contribution in [-0.2, 0) is 19.6 Å². The van der Waals surface area contributed by atoms with Gasteiger partial charge in [-0.15, -0.1) is 10.2 Å². The molecule has 0 spiro atoms. The van der Waals surface area contributed by atoms with Crippen molar-refractivity contribution in [3.05, 3.63) is 35.9 Å². The first kappa shape index (κ1) is 11.1. The number of aromatic nitrogens is 3. The number of benzene rings is 1. The van der Waals surface area contributed by atoms with E-state index in [-0.39, 0.29) is 0 Å². The lowest BCUT2D eigenvalue weighted by Crippen LogP contribution is -2.14. The molecule has 1 aliphatic heterocycles. The SMILES string of the molecule is Nc1ccccc1OCc1nnc2n1CCCC2. The minimum absolute atomic E-state index is 0.418. The smallest absolute Gasteiger partial charge is 0.171 e. The van der Waals surface area contributed by atoms with Crippen LogP contribution in [-0.4, -0.2) is 14.8 Å². The number of anilines is 1. The molecule has 0 amide bonds. The molecule has 0 bridgehead atoms. The zero-order valence-electron chi connectivity index (χ0n) is 10.2. The summed E-state index contributed by atoms with van der Waals surface area (Å²) in [6.07, 6.45) is 3.40. The Morgan fingerprint density at radius 3 is 3.00 bits per heavy atom. The second-order valence-corrected chi connectivity index (χ2v) is 4.47. The van der Waals surface area contributed by atoms with Crippen LogP contribution in [0, 0.1) is 0 Å². The molecule has 5 nitrogen and oxygen atoms in total. The first-order valence-corrected chi connectivity index (χ1v) is 6.23. The number of hydrogen-bond donors (Lipinski definition) is 1. The van der Waals surface area contributed by atoms with Crippen molar-refractivity contribution in [1.29, 1.82) is 0 Å². The summed E-state index contributed by atoms with van der Waals surface area (Å²) in [5.74, 6) is 2.65. The third kappa shape index (κ3) is 2.03. The van der Waals surface area contributed by atoms with E-state index in [1.54, 1.807) is 0 Å². The Kier molecular flexibility index (Phi) is 2.88. The van der Waals surface area contributed by atoms with Crippen molar-refractivity contribution in [2.24, 2.45) is 0 Å². The molecule has 18 heavy (non-hydrogen) atoms. The maximum atomic E-state index is 5.83. The Morgan fingerprint density at radius 1 is 1.22 bits per heavy atom. The number of rotatable bonds is 3. The number of aryl methyl sites for hydroxylation is 1. The van der Waals surface area contributed by atoms with E-state index < -0.39 is 0 Å². The summed E-state index contributed by atoms with van der Waals surface area (Å²) in [7, 11) is 0. The normalized spacial score (nSPS) is 14.2. The average Bonchev–Trinajstić information content (AvgIpc) is 2.81. The third-order valence-electron chi connectivity index (χ3n) is 3.21. The molecule has 1 aromatic heterocycles. The van der Waals surface area contributed by atoms with Gasteiger partial charge in [0.1, 0.15) is 18.2 Å². The fraction of sp³-hybridized carbons (Fsp3) is 0.385. The molecule has 0 aliphatic carbocycles. The van der Waals surface area contributed by atoms with Gasteiger partial charge in [-0.2, -0.15) is 0 Å². The van der Waals surface area contributed by atoms with Crippen LogP contribution in [0.4, 0.5) is 5.69 Å². The van der Waals surface area contributed by atoms with E-state index in [4.69, 9.17) is 10.5 Å². The van der Waals surface area contributed by atoms with E-state index in [1.807, 2.05) is 24.3 Å². The standard InChI is InChI=1S/C13H16N4O/c14-10-5-1-2-6-11(10)18-9-13-16-15-12-7-3-4-8-17(12)13/h1-2,5-6H,3-4,7-9,14H2. The van der Waals surface area contributed by atoms with Crippen LogP contribution in [0.1, 0.15) is 24.5 Å². The number of nitrogens with zero attached hydrogens (tertiary/aromatic N) is 3. The highest BCUT2D eigenvalue weighted by Crippen LogP contribution is 2.21. The molecule has 94 valence electrons. The van der Waals surface area contributed by atoms with Crippen LogP contribution in [0.25, 0.3) is 0 Å². The second-order valence-electron chi connectivity index (χ2n) is 4.47. The van der Waals surface area contributed by atoms with Crippen LogP contribution < -0.4 is 10.5 Å². The molecule has 2 aromatic rings. The van der Waals surface area contributed by atoms with Crippen molar-refractivity contribution in [3.63, 3.8) is 0 Å². The molecular formula is C13H16N4O. The topological polar surface area (TPSA) is 66.0 Å². The van der Waals surface area contributed by atoms with Gasteiger partial charge in [0.25, 0.3) is 0 Å². The molecule has 3 rings (SSSR count). The molecule has 0 radical (unpaired) electrons. The average molecular weight is 244 g/mol. The third-order valence-corrected chi connectivity index (χ3v) is 3.21. The predicted octanol–water partition coefficient (Wildman–Crippen LogP) is 1.78. The zero-order chi connectivity index (χ0) is 12.4. The summed E-state index contributed by atoms with van der Waals surface area (Å²) < 4.78 is 7.85. The minimum Gasteiger partial charge on any atom is -0.483 e. The quantitative estimate of drug-likeness (QED) is 0.836. The lowest BCUT2D eigenvalue weighted by molar-refractivity contribution is 0.287. The second kappa shape index (κ2) is 4.68. The largest absolute Gasteiger partial charge is 0.483 e. The highest BCUT2D eigenvalue weighted by molar-refractivity contribution is 5.51. The molecule has 0 atom stereocenters. The summed E-state index contributed by atoms with van der Waals surface area (Å²) in [6, 6.07) is 7.49. The minimum atomic E-state index is 0.418. The molecule has 0 saturated carbocycles. The van der Waals surface area contributed by atoms with Crippen molar-refractivity contribution in [2.75, 3.05) is 5.73 Å². The number of fused-ring (bicyclic) bond motifs is 1. The molecular weight excluding hydrogens is 228 g/mol. The fourth-order valence-electron chi connectivity index (χ4n) is 2.23. The summed E-state index contributed by atoms with van der Waals surface area (Å²) in [5, 5.41) is 8.38. The van der Waals surface area contributed by atoms with Gasteiger partial charge >= 0.3 is 0 Å². The van der Waals surface area contributed by atoms with Crippen LogP contribution >= 0.6 is 0 Å². The zero-order valence-corrected chi connectivity index (χ0v) is 10.2. The maximum absolute atomic E-state index is 5.83.